The number of unbranched alkanes of at least 4 members (excludes halogenated alkanes) is 1. The Hall–Kier alpha value is -2.00. The minimum atomic E-state index is -0.0837. The molecule has 2 aromatic rings. The largest absolute Gasteiger partial charge is 0.322 e. The fraction of sp³-hybridized carbons (Fsp3) is 0.278. The van der Waals surface area contributed by atoms with Gasteiger partial charge in [-0.1, -0.05) is 55.3 Å². The van der Waals surface area contributed by atoms with Crippen LogP contribution >= 0.6 is 11.6 Å². The van der Waals surface area contributed by atoms with E-state index in [1.807, 2.05) is 35.2 Å². The van der Waals surface area contributed by atoms with E-state index >= 15 is 0 Å². The van der Waals surface area contributed by atoms with Gasteiger partial charge in [-0.3, -0.25) is 0 Å². The average molecular weight is 317 g/mol. The molecular formula is C18H21ClN2O. The summed E-state index contributed by atoms with van der Waals surface area (Å²) in [7, 11) is 0. The minimum Gasteiger partial charge on any atom is -0.320 e. The quantitative estimate of drug-likeness (QED) is 0.783. The highest BCUT2D eigenvalue weighted by Crippen LogP contribution is 2.15. The summed E-state index contributed by atoms with van der Waals surface area (Å²) in [6.07, 6.45) is 2.04. The van der Waals surface area contributed by atoms with Crippen molar-refractivity contribution in [1.82, 2.24) is 4.90 Å². The molecule has 0 saturated carbocycles. The summed E-state index contributed by atoms with van der Waals surface area (Å²) >= 11 is 5.86. The Bertz CT molecular complexity index is 584. The van der Waals surface area contributed by atoms with Crippen LogP contribution in [0.15, 0.2) is 54.6 Å². The first kappa shape index (κ1) is 16.4. The fourth-order valence-corrected chi connectivity index (χ4v) is 2.27. The summed E-state index contributed by atoms with van der Waals surface area (Å²) < 4.78 is 0. The summed E-state index contributed by atoms with van der Waals surface area (Å²) in [4.78, 5) is 14.3. The third-order valence-electron chi connectivity index (χ3n) is 3.38. The zero-order valence-electron chi connectivity index (χ0n) is 12.8. The molecule has 2 rings (SSSR count). The zero-order valence-corrected chi connectivity index (χ0v) is 13.5. The maximum atomic E-state index is 12.5. The van der Waals surface area contributed by atoms with Crippen LogP contribution in [0.3, 0.4) is 0 Å². The van der Waals surface area contributed by atoms with Gasteiger partial charge in [0.1, 0.15) is 0 Å². The van der Waals surface area contributed by atoms with E-state index in [1.165, 1.54) is 0 Å². The third kappa shape index (κ3) is 5.08. The van der Waals surface area contributed by atoms with E-state index in [1.54, 1.807) is 24.3 Å². The van der Waals surface area contributed by atoms with E-state index in [-0.39, 0.29) is 6.03 Å². The Morgan fingerprint density at radius 1 is 1.09 bits per heavy atom. The molecule has 2 amide bonds. The van der Waals surface area contributed by atoms with Gasteiger partial charge in [0.2, 0.25) is 0 Å². The zero-order chi connectivity index (χ0) is 15.8. The van der Waals surface area contributed by atoms with Gasteiger partial charge >= 0.3 is 6.03 Å². The maximum absolute atomic E-state index is 12.5. The number of urea groups is 1. The number of carbonyl (C=O) groups excluding carboxylic acids is 1. The summed E-state index contributed by atoms with van der Waals surface area (Å²) in [6, 6.07) is 17.1. The Kier molecular flexibility index (Phi) is 6.28. The van der Waals surface area contributed by atoms with Crippen LogP contribution in [0.1, 0.15) is 25.3 Å². The second-order valence-corrected chi connectivity index (χ2v) is 5.63. The molecule has 1 N–H and O–H groups in total. The lowest BCUT2D eigenvalue weighted by molar-refractivity contribution is 0.208. The van der Waals surface area contributed by atoms with E-state index in [4.69, 9.17) is 11.6 Å². The minimum absolute atomic E-state index is 0.0837. The Balaban J connectivity index is 2.03. The molecule has 0 radical (unpaired) electrons. The topological polar surface area (TPSA) is 32.3 Å². The van der Waals surface area contributed by atoms with Crippen LogP contribution in [0.5, 0.6) is 0 Å². The van der Waals surface area contributed by atoms with E-state index in [0.717, 1.165) is 30.6 Å². The van der Waals surface area contributed by atoms with Gasteiger partial charge in [0.05, 0.1) is 0 Å². The lowest BCUT2D eigenvalue weighted by Gasteiger charge is -2.23. The Morgan fingerprint density at radius 3 is 2.41 bits per heavy atom. The molecule has 3 nitrogen and oxygen atoms in total. The summed E-state index contributed by atoms with van der Waals surface area (Å²) in [6.45, 7) is 3.48. The first-order chi connectivity index (χ1) is 10.7. The van der Waals surface area contributed by atoms with Crippen LogP contribution in [-0.4, -0.2) is 17.5 Å². The average Bonchev–Trinajstić information content (AvgIpc) is 2.54. The van der Waals surface area contributed by atoms with E-state index in [2.05, 4.69) is 12.2 Å². The van der Waals surface area contributed by atoms with E-state index in [0.29, 0.717) is 11.6 Å². The van der Waals surface area contributed by atoms with Crippen molar-refractivity contribution >= 4 is 23.3 Å². The van der Waals surface area contributed by atoms with E-state index in [9.17, 15) is 4.79 Å². The molecule has 0 spiro atoms. The number of carbonyl (C=O) groups is 1. The second kappa shape index (κ2) is 8.44. The fourth-order valence-electron chi connectivity index (χ4n) is 2.14. The summed E-state index contributed by atoms with van der Waals surface area (Å²) in [5, 5.41) is 3.58. The number of hydrogen-bond acceptors (Lipinski definition) is 1. The molecule has 2 aromatic carbocycles. The molecule has 0 aliphatic rings. The highest BCUT2D eigenvalue weighted by atomic mass is 35.5. The van der Waals surface area contributed by atoms with Crippen LogP contribution in [0, 0.1) is 0 Å². The Morgan fingerprint density at radius 2 is 1.77 bits per heavy atom. The highest BCUT2D eigenvalue weighted by molar-refractivity contribution is 6.30. The monoisotopic (exact) mass is 316 g/mol. The van der Waals surface area contributed by atoms with Crippen LogP contribution in [0.2, 0.25) is 5.02 Å². The lowest BCUT2D eigenvalue weighted by Crippen LogP contribution is -2.35. The molecule has 4 heteroatoms. The van der Waals surface area contributed by atoms with Crippen molar-refractivity contribution in [3.8, 4) is 0 Å². The van der Waals surface area contributed by atoms with Crippen molar-refractivity contribution in [2.75, 3.05) is 11.9 Å². The molecule has 0 unspecified atom stereocenters. The number of nitrogens with zero attached hydrogens (tertiary/aromatic N) is 1. The highest BCUT2D eigenvalue weighted by Gasteiger charge is 2.13. The van der Waals surface area contributed by atoms with Gasteiger partial charge in [0.15, 0.2) is 0 Å². The molecule has 0 heterocycles. The van der Waals surface area contributed by atoms with Gasteiger partial charge in [0.25, 0.3) is 0 Å². The van der Waals surface area contributed by atoms with E-state index < -0.39 is 0 Å². The molecule has 0 saturated heterocycles. The summed E-state index contributed by atoms with van der Waals surface area (Å²) in [5.74, 6) is 0. The molecular weight excluding hydrogens is 296 g/mol. The second-order valence-electron chi connectivity index (χ2n) is 5.20. The molecule has 0 aromatic heterocycles. The molecule has 0 aliphatic heterocycles. The number of nitrogens with one attached hydrogen (secondary N) is 1. The molecule has 22 heavy (non-hydrogen) atoms. The number of anilines is 1. The number of hydrogen-bond donors (Lipinski definition) is 1. The molecule has 0 atom stereocenters. The number of amides is 2. The van der Waals surface area contributed by atoms with Crippen molar-refractivity contribution in [2.45, 2.75) is 26.3 Å². The summed E-state index contributed by atoms with van der Waals surface area (Å²) in [5.41, 5.74) is 1.88. The SMILES string of the molecule is CCCCN(Cc1ccccc1)C(=O)Nc1ccc(Cl)cc1. The third-order valence-corrected chi connectivity index (χ3v) is 3.63. The maximum Gasteiger partial charge on any atom is 0.322 e. The Labute approximate surface area is 136 Å². The molecule has 0 bridgehead atoms. The van der Waals surface area contributed by atoms with Crippen molar-refractivity contribution in [3.05, 3.63) is 65.2 Å². The van der Waals surface area contributed by atoms with Crippen LogP contribution < -0.4 is 5.32 Å². The van der Waals surface area contributed by atoms with Crippen molar-refractivity contribution < 1.29 is 4.79 Å². The van der Waals surface area contributed by atoms with Gasteiger partial charge in [-0.25, -0.2) is 4.79 Å². The molecule has 0 fully saturated rings. The van der Waals surface area contributed by atoms with Gasteiger partial charge < -0.3 is 10.2 Å². The van der Waals surface area contributed by atoms with Gasteiger partial charge in [-0.05, 0) is 36.2 Å². The predicted octanol–water partition coefficient (Wildman–Crippen LogP) is 5.17. The van der Waals surface area contributed by atoms with Crippen LogP contribution in [-0.2, 0) is 6.54 Å². The van der Waals surface area contributed by atoms with Crippen LogP contribution in [0.4, 0.5) is 10.5 Å². The molecule has 0 aliphatic carbocycles. The van der Waals surface area contributed by atoms with Gasteiger partial charge in [-0.15, -0.1) is 0 Å². The number of benzene rings is 2. The normalized spacial score (nSPS) is 10.3. The number of halogens is 1. The first-order valence-electron chi connectivity index (χ1n) is 7.54. The van der Waals surface area contributed by atoms with Gasteiger partial charge in [-0.2, -0.15) is 0 Å². The lowest BCUT2D eigenvalue weighted by atomic mass is 10.2. The predicted molar refractivity (Wildman–Crippen MR) is 92.2 cm³/mol. The first-order valence-corrected chi connectivity index (χ1v) is 7.92. The smallest absolute Gasteiger partial charge is 0.320 e. The van der Waals surface area contributed by atoms with Crippen LogP contribution in [0.25, 0.3) is 0 Å². The number of rotatable bonds is 6. The molecule has 116 valence electrons. The standard InChI is InChI=1S/C18H21ClN2O/c1-2-3-13-21(14-15-7-5-4-6-8-15)18(22)20-17-11-9-16(19)10-12-17/h4-12H,2-3,13-14H2,1H3,(H,20,22). The van der Waals surface area contributed by atoms with Crippen molar-refractivity contribution in [1.29, 1.82) is 0 Å². The van der Waals surface area contributed by atoms with Crippen molar-refractivity contribution in [2.24, 2.45) is 0 Å². The van der Waals surface area contributed by atoms with Crippen molar-refractivity contribution in [3.63, 3.8) is 0 Å². The van der Waals surface area contributed by atoms with Gasteiger partial charge in [0, 0.05) is 23.8 Å².